The third-order valence-corrected chi connectivity index (χ3v) is 9.77. The van der Waals surface area contributed by atoms with Crippen molar-refractivity contribution in [2.24, 2.45) is 0 Å². The fourth-order valence-electron chi connectivity index (χ4n) is 4.25. The first kappa shape index (κ1) is 27.6. The number of rotatable bonds is 18. The average Bonchev–Trinajstić information content (AvgIpc) is 3.47. The fourth-order valence-corrected chi connectivity index (χ4v) is 7.59. The van der Waals surface area contributed by atoms with E-state index in [0.717, 1.165) is 63.0 Å². The van der Waals surface area contributed by atoms with Crippen LogP contribution >= 0.6 is 0 Å². The van der Waals surface area contributed by atoms with E-state index in [0.29, 0.717) is 37.9 Å². The number of aromatic nitrogens is 6. The van der Waals surface area contributed by atoms with Crippen LogP contribution in [-0.4, -0.2) is 59.0 Å². The maximum absolute atomic E-state index is 6.40. The first-order chi connectivity index (χ1) is 16.1. The van der Waals surface area contributed by atoms with Crippen LogP contribution < -0.4 is 0 Å². The van der Waals surface area contributed by atoms with Crippen LogP contribution in [0.2, 0.25) is 0 Å². The van der Waals surface area contributed by atoms with E-state index in [1.807, 2.05) is 20.8 Å². The molecule has 0 unspecified atom stereocenters. The fraction of sp³-hybridized carbons (Fsp3) is 0.826. The quantitative estimate of drug-likeness (QED) is 0.235. The summed E-state index contributed by atoms with van der Waals surface area (Å²) in [6, 6.07) is 0. The predicted octanol–water partition coefficient (Wildman–Crippen LogP) is 4.67. The van der Waals surface area contributed by atoms with Crippen molar-refractivity contribution in [3.8, 4) is 0 Å². The van der Waals surface area contributed by atoms with E-state index in [4.69, 9.17) is 23.2 Å². The summed E-state index contributed by atoms with van der Waals surface area (Å²) in [6.45, 7) is 13.7. The van der Waals surface area contributed by atoms with E-state index in [9.17, 15) is 0 Å². The van der Waals surface area contributed by atoms with Crippen molar-refractivity contribution in [3.05, 3.63) is 23.3 Å². The molecule has 0 bridgehead atoms. The largest absolute Gasteiger partial charge is 0.523 e. The molecule has 0 saturated carbocycles. The number of nitrogens with one attached hydrogen (secondary N) is 2. The van der Waals surface area contributed by atoms with Crippen molar-refractivity contribution in [1.82, 2.24) is 30.4 Å². The van der Waals surface area contributed by atoms with Gasteiger partial charge in [0.2, 0.25) is 0 Å². The van der Waals surface area contributed by atoms with E-state index in [-0.39, 0.29) is 0 Å². The Balaban J connectivity index is 2.60. The molecule has 0 atom stereocenters. The maximum Gasteiger partial charge on any atom is 0.523 e. The molecule has 2 heterocycles. The van der Waals surface area contributed by atoms with Crippen molar-refractivity contribution < 1.29 is 13.3 Å². The SMILES string of the molecule is CCCCCc1nc(C(CC)(c2n[nH]c(CCCCC)n2)[Si](OCC)(OCC)OCC)n[nH]1. The average molecular weight is 481 g/mol. The standard InChI is InChI=1S/C23H44N6O3Si/c1-7-13-15-17-19-24-21(28-26-19)23(9-3,33(30-10-4,31-11-5)32-12-6)22-25-20(27-29-22)18-16-14-8-2/h7-18H2,1-6H3,(H,24,26,28)(H,25,27,29). The first-order valence-corrected chi connectivity index (χ1v) is 14.5. The third kappa shape index (κ3) is 6.29. The summed E-state index contributed by atoms with van der Waals surface area (Å²) in [7, 11) is -3.40. The Kier molecular flexibility index (Phi) is 11.7. The number of hydrogen-bond donors (Lipinski definition) is 2. The van der Waals surface area contributed by atoms with Gasteiger partial charge in [0, 0.05) is 32.7 Å². The number of aromatic amines is 2. The Morgan fingerprint density at radius 1 is 0.667 bits per heavy atom. The number of hydrogen-bond acceptors (Lipinski definition) is 7. The summed E-state index contributed by atoms with van der Waals surface area (Å²) in [6.07, 6.45) is 9.07. The van der Waals surface area contributed by atoms with Gasteiger partial charge in [0.25, 0.3) is 0 Å². The summed E-state index contributed by atoms with van der Waals surface area (Å²) in [4.78, 5) is 9.87. The van der Waals surface area contributed by atoms with Crippen LogP contribution in [0.25, 0.3) is 0 Å². The number of aryl methyl sites for hydroxylation is 2. The molecule has 0 spiro atoms. The topological polar surface area (TPSA) is 111 Å². The molecule has 2 aromatic rings. The van der Waals surface area contributed by atoms with Gasteiger partial charge in [0.1, 0.15) is 11.6 Å². The Hall–Kier alpha value is -1.62. The minimum Gasteiger partial charge on any atom is -0.373 e. The van der Waals surface area contributed by atoms with E-state index in [1.165, 1.54) is 0 Å². The molecular weight excluding hydrogens is 436 g/mol. The Morgan fingerprint density at radius 2 is 1.09 bits per heavy atom. The molecule has 0 aliphatic carbocycles. The lowest BCUT2D eigenvalue weighted by molar-refractivity contribution is 0.0465. The van der Waals surface area contributed by atoms with E-state index in [1.54, 1.807) is 0 Å². The van der Waals surface area contributed by atoms with Crippen LogP contribution in [0.4, 0.5) is 0 Å². The molecule has 10 heteroatoms. The number of unbranched alkanes of at least 4 members (excludes halogenated alkanes) is 4. The highest BCUT2D eigenvalue weighted by Crippen LogP contribution is 2.42. The molecule has 0 aliphatic heterocycles. The van der Waals surface area contributed by atoms with Crippen molar-refractivity contribution >= 4 is 8.80 Å². The second kappa shape index (κ2) is 13.9. The zero-order valence-electron chi connectivity index (χ0n) is 21.5. The van der Waals surface area contributed by atoms with Gasteiger partial charge in [-0.2, -0.15) is 10.2 Å². The highest BCUT2D eigenvalue weighted by Gasteiger charge is 2.67. The molecule has 0 aromatic carbocycles. The third-order valence-electron chi connectivity index (χ3n) is 5.92. The maximum atomic E-state index is 6.40. The van der Waals surface area contributed by atoms with Crippen LogP contribution in [-0.2, 0) is 31.2 Å². The van der Waals surface area contributed by atoms with Crippen molar-refractivity contribution in [2.75, 3.05) is 19.8 Å². The number of nitrogens with zero attached hydrogens (tertiary/aromatic N) is 4. The molecule has 2 aromatic heterocycles. The van der Waals surface area contributed by atoms with Crippen LogP contribution in [0.5, 0.6) is 0 Å². The minimum atomic E-state index is -3.40. The molecule has 0 saturated heterocycles. The van der Waals surface area contributed by atoms with Gasteiger partial charge in [0.15, 0.2) is 16.7 Å². The zero-order chi connectivity index (χ0) is 24.2. The van der Waals surface area contributed by atoms with E-state index < -0.39 is 13.8 Å². The molecule has 9 nitrogen and oxygen atoms in total. The predicted molar refractivity (Wildman–Crippen MR) is 131 cm³/mol. The highest BCUT2D eigenvalue weighted by molar-refractivity contribution is 6.65. The zero-order valence-corrected chi connectivity index (χ0v) is 22.5. The lowest BCUT2D eigenvalue weighted by atomic mass is 10.0. The molecule has 2 N–H and O–H groups in total. The Bertz CT molecular complexity index is 731. The Morgan fingerprint density at radius 3 is 1.42 bits per heavy atom. The molecule has 0 radical (unpaired) electrons. The van der Waals surface area contributed by atoms with Gasteiger partial charge >= 0.3 is 8.80 Å². The molecule has 0 aliphatic rings. The molecule has 2 rings (SSSR count). The van der Waals surface area contributed by atoms with Gasteiger partial charge in [-0.1, -0.05) is 46.5 Å². The lowest BCUT2D eigenvalue weighted by Crippen LogP contribution is -2.64. The summed E-state index contributed by atoms with van der Waals surface area (Å²) in [5.41, 5.74) is 0. The summed E-state index contributed by atoms with van der Waals surface area (Å²) < 4.78 is 19.2. The molecular formula is C23H44N6O3Si. The van der Waals surface area contributed by atoms with E-state index in [2.05, 4.69) is 41.2 Å². The van der Waals surface area contributed by atoms with Crippen LogP contribution in [0.15, 0.2) is 0 Å². The molecule has 188 valence electrons. The second-order valence-electron chi connectivity index (χ2n) is 8.24. The highest BCUT2D eigenvalue weighted by atomic mass is 28.4. The lowest BCUT2D eigenvalue weighted by Gasteiger charge is -2.41. The molecule has 33 heavy (non-hydrogen) atoms. The van der Waals surface area contributed by atoms with Crippen molar-refractivity contribution in [2.45, 2.75) is 104 Å². The smallest absolute Gasteiger partial charge is 0.373 e. The van der Waals surface area contributed by atoms with Gasteiger partial charge in [-0.3, -0.25) is 10.2 Å². The van der Waals surface area contributed by atoms with Crippen molar-refractivity contribution in [3.63, 3.8) is 0 Å². The molecule has 0 fully saturated rings. The van der Waals surface area contributed by atoms with Crippen LogP contribution in [0.1, 0.15) is 110 Å². The van der Waals surface area contributed by atoms with Crippen LogP contribution in [0.3, 0.4) is 0 Å². The van der Waals surface area contributed by atoms with Gasteiger partial charge < -0.3 is 13.3 Å². The summed E-state index contributed by atoms with van der Waals surface area (Å²) in [5, 5.41) is 14.7. The van der Waals surface area contributed by atoms with Gasteiger partial charge in [-0.15, -0.1) is 0 Å². The van der Waals surface area contributed by atoms with Gasteiger partial charge in [-0.25, -0.2) is 9.97 Å². The summed E-state index contributed by atoms with van der Waals surface area (Å²) in [5.74, 6) is 2.92. The normalized spacial score (nSPS) is 12.5. The van der Waals surface area contributed by atoms with Crippen molar-refractivity contribution in [1.29, 1.82) is 0 Å². The monoisotopic (exact) mass is 480 g/mol. The van der Waals surface area contributed by atoms with Gasteiger partial charge in [0.05, 0.1) is 0 Å². The van der Waals surface area contributed by atoms with E-state index >= 15 is 0 Å². The van der Waals surface area contributed by atoms with Gasteiger partial charge in [-0.05, 0) is 40.0 Å². The second-order valence-corrected chi connectivity index (χ2v) is 11.1. The van der Waals surface area contributed by atoms with Crippen LogP contribution in [0, 0.1) is 0 Å². The summed E-state index contributed by atoms with van der Waals surface area (Å²) >= 11 is 0. The first-order valence-electron chi connectivity index (χ1n) is 12.8. The Labute approximate surface area is 200 Å². The minimum absolute atomic E-state index is 0.454. The molecule has 0 amide bonds. The number of H-pyrrole nitrogens is 2.